The molecule has 3 rings (SSSR count). The lowest BCUT2D eigenvalue weighted by molar-refractivity contribution is -0.144. The molecule has 13 heteroatoms. The third-order valence-electron chi connectivity index (χ3n) is 4.00. The summed E-state index contributed by atoms with van der Waals surface area (Å²) in [5.41, 5.74) is -7.53. The Morgan fingerprint density at radius 2 is 1.48 bits per heavy atom. The average Bonchev–Trinajstić information content (AvgIpc) is 2.85. The van der Waals surface area contributed by atoms with Gasteiger partial charge in [0.25, 0.3) is 5.56 Å². The molecule has 6 nitrogen and oxygen atoms in total. The molecule has 0 unspecified atom stereocenters. The van der Waals surface area contributed by atoms with E-state index in [1.54, 1.807) is 0 Å². The van der Waals surface area contributed by atoms with E-state index in [2.05, 4.69) is 0 Å². The molecule has 0 aliphatic carbocycles. The van der Waals surface area contributed by atoms with Crippen LogP contribution in [-0.2, 0) is 19.4 Å². The van der Waals surface area contributed by atoms with Gasteiger partial charge < -0.3 is 9.47 Å². The van der Waals surface area contributed by atoms with Gasteiger partial charge in [0.2, 0.25) is 5.79 Å². The summed E-state index contributed by atoms with van der Waals surface area (Å²) in [4.78, 5) is 24.6. The number of halogens is 7. The number of ether oxygens (including phenoxy) is 2. The van der Waals surface area contributed by atoms with Gasteiger partial charge in [0.05, 0.1) is 0 Å². The van der Waals surface area contributed by atoms with Gasteiger partial charge in [-0.3, -0.25) is 9.36 Å². The van der Waals surface area contributed by atoms with Crippen molar-refractivity contribution in [2.24, 2.45) is 7.05 Å². The molecule has 0 radical (unpaired) electrons. The van der Waals surface area contributed by atoms with Gasteiger partial charge in [0.1, 0.15) is 16.9 Å². The number of fused-ring (bicyclic) bond motifs is 1. The number of alkyl halides is 6. The number of rotatable bonds is 1. The first kappa shape index (κ1) is 20.7. The van der Waals surface area contributed by atoms with Gasteiger partial charge in [0, 0.05) is 27.0 Å². The number of aromatic nitrogens is 2. The summed E-state index contributed by atoms with van der Waals surface area (Å²) in [5, 5.41) is 0. The molecule has 1 aliphatic rings. The molecule has 1 aromatic heterocycles. The molecule has 2 aromatic rings. The molecule has 0 bridgehead atoms. The number of nitrogens with zero attached hydrogens (tertiary/aromatic N) is 2. The zero-order valence-corrected chi connectivity index (χ0v) is 14.8. The summed E-state index contributed by atoms with van der Waals surface area (Å²) in [7, 11) is 0.671. The highest BCUT2D eigenvalue weighted by atomic mass is 19.4. The summed E-state index contributed by atoms with van der Waals surface area (Å²) in [6.07, 6.45) is -10.2. The summed E-state index contributed by atoms with van der Waals surface area (Å²) in [6, 6.07) is -0.00562. The van der Waals surface area contributed by atoms with Crippen LogP contribution in [0.1, 0.15) is 25.1 Å². The average molecular weight is 428 g/mol. The van der Waals surface area contributed by atoms with Gasteiger partial charge in [-0.2, -0.15) is 26.3 Å². The van der Waals surface area contributed by atoms with Crippen LogP contribution >= 0.6 is 0 Å². The molecular weight excluding hydrogens is 417 g/mol. The summed E-state index contributed by atoms with van der Waals surface area (Å²) in [6.45, 7) is 2.37. The first-order valence-electron chi connectivity index (χ1n) is 7.77. The van der Waals surface area contributed by atoms with Crippen molar-refractivity contribution in [2.45, 2.75) is 32.0 Å². The second-order valence-corrected chi connectivity index (χ2v) is 6.56. The van der Waals surface area contributed by atoms with Crippen LogP contribution in [-0.4, -0.2) is 14.9 Å². The number of benzene rings is 1. The Labute approximate surface area is 156 Å². The van der Waals surface area contributed by atoms with Crippen molar-refractivity contribution in [3.05, 3.63) is 50.0 Å². The van der Waals surface area contributed by atoms with Gasteiger partial charge in [-0.25, -0.2) is 13.8 Å². The lowest BCUT2D eigenvalue weighted by Crippen LogP contribution is -2.41. The van der Waals surface area contributed by atoms with Crippen LogP contribution < -0.4 is 20.7 Å². The number of hydrogen-bond acceptors (Lipinski definition) is 4. The molecule has 0 saturated carbocycles. The van der Waals surface area contributed by atoms with Crippen molar-refractivity contribution in [3.8, 4) is 17.2 Å². The van der Waals surface area contributed by atoms with E-state index in [-0.39, 0.29) is 21.3 Å². The Kier molecular flexibility index (Phi) is 4.29. The predicted octanol–water partition coefficient (Wildman–Crippen LogP) is 3.22. The third kappa shape index (κ3) is 3.34. The molecule has 2 heterocycles. The Balaban J connectivity index is 2.42. The summed E-state index contributed by atoms with van der Waals surface area (Å²) < 4.78 is 103. The van der Waals surface area contributed by atoms with E-state index in [4.69, 9.17) is 9.47 Å². The predicted molar refractivity (Wildman–Crippen MR) is 82.6 cm³/mol. The quantitative estimate of drug-likeness (QED) is 0.655. The van der Waals surface area contributed by atoms with Gasteiger partial charge in [-0.15, -0.1) is 0 Å². The first-order chi connectivity index (χ1) is 13.0. The summed E-state index contributed by atoms with van der Waals surface area (Å²) >= 11 is 0. The van der Waals surface area contributed by atoms with E-state index >= 15 is 0 Å². The second-order valence-electron chi connectivity index (χ2n) is 6.56. The molecule has 0 N–H and O–H groups in total. The Bertz CT molecular complexity index is 1130. The molecule has 0 amide bonds. The van der Waals surface area contributed by atoms with E-state index in [0.29, 0.717) is 7.05 Å². The van der Waals surface area contributed by atoms with Crippen molar-refractivity contribution in [1.29, 1.82) is 0 Å². The van der Waals surface area contributed by atoms with E-state index in [0.717, 1.165) is 0 Å². The van der Waals surface area contributed by atoms with Crippen LogP contribution in [0, 0.1) is 5.82 Å². The largest absolute Gasteiger partial charge is 0.448 e. The smallest absolute Gasteiger partial charge is 0.431 e. The van der Waals surface area contributed by atoms with Gasteiger partial charge in [0.15, 0.2) is 17.3 Å². The van der Waals surface area contributed by atoms with Gasteiger partial charge >= 0.3 is 18.0 Å². The Morgan fingerprint density at radius 1 is 0.931 bits per heavy atom. The van der Waals surface area contributed by atoms with Gasteiger partial charge in [-0.05, 0) is 6.07 Å². The minimum Gasteiger partial charge on any atom is -0.448 e. The first-order valence-corrected chi connectivity index (χ1v) is 7.77. The fraction of sp³-hybridized carbons (Fsp3) is 0.375. The highest BCUT2D eigenvalue weighted by Gasteiger charge is 2.46. The lowest BCUT2D eigenvalue weighted by Gasteiger charge is -2.17. The van der Waals surface area contributed by atoms with Crippen LogP contribution in [0.5, 0.6) is 11.5 Å². The molecule has 158 valence electrons. The van der Waals surface area contributed by atoms with Crippen LogP contribution in [0.15, 0.2) is 21.7 Å². The van der Waals surface area contributed by atoms with Gasteiger partial charge in [-0.1, -0.05) is 0 Å². The molecule has 29 heavy (non-hydrogen) atoms. The van der Waals surface area contributed by atoms with Crippen LogP contribution in [0.2, 0.25) is 0 Å². The highest BCUT2D eigenvalue weighted by molar-refractivity contribution is 5.63. The molecular formula is C16H11F7N2O4. The minimum atomic E-state index is -5.08. The zero-order chi connectivity index (χ0) is 22.1. The molecule has 0 fully saturated rings. The van der Waals surface area contributed by atoms with E-state index in [1.165, 1.54) is 13.8 Å². The standard InChI is InChI=1S/C16H11F7N2O4/c1-14(2)28-11-6(15(18,19)20)4-7(17)10(12(11)29-14)25-9(26)5-8(16(21,22)23)24(3)13(25)27/h4-5H,1-3H3. The van der Waals surface area contributed by atoms with E-state index in [9.17, 15) is 40.3 Å². The Hall–Kier alpha value is -2.99. The van der Waals surface area contributed by atoms with Crippen molar-refractivity contribution in [3.63, 3.8) is 0 Å². The molecule has 1 aliphatic heterocycles. The normalized spacial score (nSPS) is 15.7. The number of hydrogen-bond donors (Lipinski definition) is 0. The Morgan fingerprint density at radius 3 is 2.00 bits per heavy atom. The zero-order valence-electron chi connectivity index (χ0n) is 14.8. The van der Waals surface area contributed by atoms with Crippen molar-refractivity contribution in [2.75, 3.05) is 0 Å². The fourth-order valence-electron chi connectivity index (χ4n) is 2.83. The van der Waals surface area contributed by atoms with Crippen LogP contribution in [0.25, 0.3) is 5.69 Å². The maximum absolute atomic E-state index is 14.6. The maximum atomic E-state index is 14.6. The topological polar surface area (TPSA) is 62.5 Å². The monoisotopic (exact) mass is 428 g/mol. The van der Waals surface area contributed by atoms with Crippen molar-refractivity contribution >= 4 is 0 Å². The molecule has 0 atom stereocenters. The molecule has 1 aromatic carbocycles. The highest BCUT2D eigenvalue weighted by Crippen LogP contribution is 2.51. The minimum absolute atomic E-state index is 0.0197. The molecule has 0 saturated heterocycles. The molecule has 0 spiro atoms. The van der Waals surface area contributed by atoms with E-state index < -0.39 is 63.6 Å². The second kappa shape index (κ2) is 6.00. The van der Waals surface area contributed by atoms with E-state index in [1.807, 2.05) is 0 Å². The fourth-order valence-corrected chi connectivity index (χ4v) is 2.83. The van der Waals surface area contributed by atoms with Crippen molar-refractivity contribution < 1.29 is 40.2 Å². The SMILES string of the molecule is Cn1c(C(F)(F)F)cc(=O)n(-c2c(F)cc(C(F)(F)F)c3c2OC(C)(C)O3)c1=O. The van der Waals surface area contributed by atoms with Crippen molar-refractivity contribution in [1.82, 2.24) is 9.13 Å². The van der Waals surface area contributed by atoms with Crippen LogP contribution in [0.3, 0.4) is 0 Å². The van der Waals surface area contributed by atoms with Crippen LogP contribution in [0.4, 0.5) is 30.7 Å². The lowest BCUT2D eigenvalue weighted by atomic mass is 10.1. The summed E-state index contributed by atoms with van der Waals surface area (Å²) in [5.74, 6) is -5.36. The maximum Gasteiger partial charge on any atom is 0.431 e. The third-order valence-corrected chi connectivity index (χ3v) is 4.00.